The molecule has 0 radical (unpaired) electrons. The van der Waals surface area contributed by atoms with Crippen LogP contribution in [-0.2, 0) is 11.3 Å². The molecule has 2 N–H and O–H groups in total. The van der Waals surface area contributed by atoms with Crippen molar-refractivity contribution in [2.75, 3.05) is 19.5 Å². The van der Waals surface area contributed by atoms with Gasteiger partial charge in [-0.2, -0.15) is 5.10 Å². The van der Waals surface area contributed by atoms with Crippen molar-refractivity contribution in [3.63, 3.8) is 0 Å². The number of anilines is 1. The molecule has 2 rings (SSSR count). The third kappa shape index (κ3) is 2.20. The van der Waals surface area contributed by atoms with E-state index in [1.807, 2.05) is 24.3 Å². The highest BCUT2D eigenvalue weighted by atomic mass is 16.5. The minimum atomic E-state index is 0.591. The van der Waals surface area contributed by atoms with Crippen LogP contribution in [0.4, 0.5) is 5.82 Å². The molecule has 0 atom stereocenters. The summed E-state index contributed by atoms with van der Waals surface area (Å²) in [5.74, 6) is 0.623. The van der Waals surface area contributed by atoms with Crippen molar-refractivity contribution in [3.8, 4) is 11.4 Å². The molecule has 0 aromatic carbocycles. The minimum Gasteiger partial charge on any atom is -0.384 e. The number of aromatic nitrogens is 3. The molecule has 0 saturated carbocycles. The lowest BCUT2D eigenvalue weighted by Gasteiger charge is -2.01. The Morgan fingerprint density at radius 3 is 2.94 bits per heavy atom. The van der Waals surface area contributed by atoms with Gasteiger partial charge >= 0.3 is 0 Å². The van der Waals surface area contributed by atoms with Crippen molar-refractivity contribution in [2.24, 2.45) is 0 Å². The maximum atomic E-state index is 5.84. The number of nitrogens with zero attached hydrogens (tertiary/aromatic N) is 3. The van der Waals surface area contributed by atoms with Gasteiger partial charge in [-0.3, -0.25) is 4.98 Å². The van der Waals surface area contributed by atoms with Gasteiger partial charge in [0, 0.05) is 19.4 Å². The summed E-state index contributed by atoms with van der Waals surface area (Å²) in [5.41, 5.74) is 7.45. The first-order valence-electron chi connectivity index (χ1n) is 5.05. The fourth-order valence-corrected chi connectivity index (χ4v) is 1.43. The zero-order chi connectivity index (χ0) is 11.4. The normalized spacial score (nSPS) is 10.6. The largest absolute Gasteiger partial charge is 0.384 e. The number of nitrogen functional groups attached to an aromatic ring is 1. The Bertz CT molecular complexity index is 452. The van der Waals surface area contributed by atoms with E-state index >= 15 is 0 Å². The van der Waals surface area contributed by atoms with E-state index in [2.05, 4.69) is 10.1 Å². The predicted octanol–water partition coefficient (Wildman–Crippen LogP) is 1.17. The summed E-state index contributed by atoms with van der Waals surface area (Å²) in [6.45, 7) is 1.24. The standard InChI is InChI=1S/C11H14N4O/c1-16-7-6-15-11(12)8-10(14-15)9-4-2-3-5-13-9/h2-5,8H,6-7,12H2,1H3. The summed E-state index contributed by atoms with van der Waals surface area (Å²) in [7, 11) is 1.65. The van der Waals surface area contributed by atoms with Crippen LogP contribution < -0.4 is 5.73 Å². The van der Waals surface area contributed by atoms with E-state index in [0.717, 1.165) is 11.4 Å². The fraction of sp³-hybridized carbons (Fsp3) is 0.273. The van der Waals surface area contributed by atoms with Crippen molar-refractivity contribution in [2.45, 2.75) is 6.54 Å². The van der Waals surface area contributed by atoms with E-state index in [-0.39, 0.29) is 0 Å². The van der Waals surface area contributed by atoms with Crippen LogP contribution in [0.25, 0.3) is 11.4 Å². The van der Waals surface area contributed by atoms with Crippen LogP contribution in [0.5, 0.6) is 0 Å². The Labute approximate surface area is 93.9 Å². The SMILES string of the molecule is COCCn1nc(-c2ccccn2)cc1N. The Balaban J connectivity index is 2.24. The predicted molar refractivity (Wildman–Crippen MR) is 61.7 cm³/mol. The molecule has 0 amide bonds. The molecule has 2 heterocycles. The second kappa shape index (κ2) is 4.76. The molecule has 0 bridgehead atoms. The molecule has 0 aliphatic heterocycles. The lowest BCUT2D eigenvalue weighted by atomic mass is 10.3. The number of methoxy groups -OCH3 is 1. The van der Waals surface area contributed by atoms with Gasteiger partial charge in [-0.15, -0.1) is 0 Å². The molecular weight excluding hydrogens is 204 g/mol. The lowest BCUT2D eigenvalue weighted by molar-refractivity contribution is 0.184. The van der Waals surface area contributed by atoms with Gasteiger partial charge in [0.1, 0.15) is 11.5 Å². The summed E-state index contributed by atoms with van der Waals surface area (Å²) >= 11 is 0. The summed E-state index contributed by atoms with van der Waals surface area (Å²) in [6.07, 6.45) is 1.74. The van der Waals surface area contributed by atoms with Crippen LogP contribution in [0.3, 0.4) is 0 Å². The molecule has 5 nitrogen and oxygen atoms in total. The lowest BCUT2D eigenvalue weighted by Crippen LogP contribution is -2.08. The highest BCUT2D eigenvalue weighted by Crippen LogP contribution is 2.17. The van der Waals surface area contributed by atoms with Gasteiger partial charge in [-0.1, -0.05) is 6.07 Å². The smallest absolute Gasteiger partial charge is 0.122 e. The molecule has 0 spiro atoms. The average molecular weight is 218 g/mol. The van der Waals surface area contributed by atoms with Gasteiger partial charge < -0.3 is 10.5 Å². The van der Waals surface area contributed by atoms with Crippen molar-refractivity contribution >= 4 is 5.82 Å². The second-order valence-corrected chi connectivity index (χ2v) is 3.39. The second-order valence-electron chi connectivity index (χ2n) is 3.39. The van der Waals surface area contributed by atoms with E-state index in [1.54, 1.807) is 18.0 Å². The summed E-state index contributed by atoms with van der Waals surface area (Å²) < 4.78 is 6.70. The maximum absolute atomic E-state index is 5.84. The Morgan fingerprint density at radius 2 is 2.25 bits per heavy atom. The van der Waals surface area contributed by atoms with Gasteiger partial charge in [-0.25, -0.2) is 4.68 Å². The molecule has 2 aromatic heterocycles. The van der Waals surface area contributed by atoms with Crippen LogP contribution in [0.2, 0.25) is 0 Å². The molecule has 0 saturated heterocycles. The fourth-order valence-electron chi connectivity index (χ4n) is 1.43. The van der Waals surface area contributed by atoms with Crippen LogP contribution >= 0.6 is 0 Å². The first kappa shape index (κ1) is 10.6. The third-order valence-electron chi connectivity index (χ3n) is 2.25. The Kier molecular flexibility index (Phi) is 3.16. The number of hydrogen-bond donors (Lipinski definition) is 1. The number of pyridine rings is 1. The van der Waals surface area contributed by atoms with Crippen LogP contribution in [-0.4, -0.2) is 28.5 Å². The van der Waals surface area contributed by atoms with E-state index in [4.69, 9.17) is 10.5 Å². The van der Waals surface area contributed by atoms with Gasteiger partial charge in [0.15, 0.2) is 0 Å². The van der Waals surface area contributed by atoms with Gasteiger partial charge in [-0.05, 0) is 12.1 Å². The molecular formula is C11H14N4O. The van der Waals surface area contributed by atoms with E-state index < -0.39 is 0 Å². The maximum Gasteiger partial charge on any atom is 0.122 e. The Morgan fingerprint density at radius 1 is 1.38 bits per heavy atom. The van der Waals surface area contributed by atoms with Crippen molar-refractivity contribution in [1.82, 2.24) is 14.8 Å². The number of nitrogens with two attached hydrogens (primary N) is 1. The van der Waals surface area contributed by atoms with Crippen molar-refractivity contribution in [3.05, 3.63) is 30.5 Å². The number of ether oxygens (including phenoxy) is 1. The zero-order valence-corrected chi connectivity index (χ0v) is 9.13. The van der Waals surface area contributed by atoms with Crippen molar-refractivity contribution in [1.29, 1.82) is 0 Å². The molecule has 0 fully saturated rings. The van der Waals surface area contributed by atoms with Crippen LogP contribution in [0.15, 0.2) is 30.5 Å². The van der Waals surface area contributed by atoms with E-state index in [0.29, 0.717) is 19.0 Å². The quantitative estimate of drug-likeness (QED) is 0.836. The number of rotatable bonds is 4. The summed E-state index contributed by atoms with van der Waals surface area (Å²) in [6, 6.07) is 7.52. The molecule has 5 heteroatoms. The monoisotopic (exact) mass is 218 g/mol. The first-order chi connectivity index (χ1) is 7.81. The summed E-state index contributed by atoms with van der Waals surface area (Å²) in [5, 5.41) is 4.37. The molecule has 16 heavy (non-hydrogen) atoms. The molecule has 84 valence electrons. The van der Waals surface area contributed by atoms with Crippen LogP contribution in [0, 0.1) is 0 Å². The molecule has 0 unspecified atom stereocenters. The van der Waals surface area contributed by atoms with Gasteiger partial charge in [0.2, 0.25) is 0 Å². The third-order valence-corrected chi connectivity index (χ3v) is 2.25. The highest BCUT2D eigenvalue weighted by molar-refractivity contribution is 5.57. The van der Waals surface area contributed by atoms with Crippen molar-refractivity contribution < 1.29 is 4.74 Å². The summed E-state index contributed by atoms with van der Waals surface area (Å²) in [4.78, 5) is 4.22. The first-order valence-corrected chi connectivity index (χ1v) is 5.05. The number of hydrogen-bond acceptors (Lipinski definition) is 4. The average Bonchev–Trinajstić information content (AvgIpc) is 2.69. The van der Waals surface area contributed by atoms with E-state index in [9.17, 15) is 0 Å². The zero-order valence-electron chi connectivity index (χ0n) is 9.13. The minimum absolute atomic E-state index is 0.591. The van der Waals surface area contributed by atoms with Gasteiger partial charge in [0.05, 0.1) is 18.8 Å². The van der Waals surface area contributed by atoms with Crippen LogP contribution in [0.1, 0.15) is 0 Å². The van der Waals surface area contributed by atoms with Gasteiger partial charge in [0.25, 0.3) is 0 Å². The molecule has 0 aliphatic carbocycles. The highest BCUT2D eigenvalue weighted by Gasteiger charge is 2.07. The molecule has 0 aliphatic rings. The Hall–Kier alpha value is -1.88. The topological polar surface area (TPSA) is 66.0 Å². The molecule has 2 aromatic rings. The van der Waals surface area contributed by atoms with E-state index in [1.165, 1.54) is 0 Å².